The number of hydrogen-bond acceptors (Lipinski definition) is 6. The molecule has 9 heteroatoms. The number of nitrogens with zero attached hydrogens (tertiary/aromatic N) is 2. The van der Waals surface area contributed by atoms with Crippen LogP contribution in [-0.4, -0.2) is 39.9 Å². The molecule has 1 aromatic heterocycles. The number of esters is 1. The summed E-state index contributed by atoms with van der Waals surface area (Å²) >= 11 is 1.09. The maximum Gasteiger partial charge on any atom is 0.339 e. The lowest BCUT2D eigenvalue weighted by Crippen LogP contribution is -2.17. The Morgan fingerprint density at radius 2 is 1.93 bits per heavy atom. The van der Waals surface area contributed by atoms with Gasteiger partial charge in [0, 0.05) is 0 Å². The van der Waals surface area contributed by atoms with Crippen LogP contribution in [-0.2, 0) is 9.53 Å². The van der Waals surface area contributed by atoms with Crippen molar-refractivity contribution in [2.45, 2.75) is 5.16 Å². The Balaban J connectivity index is 1.62. The zero-order valence-corrected chi connectivity index (χ0v) is 15.0. The van der Waals surface area contributed by atoms with Crippen molar-refractivity contribution in [3.05, 3.63) is 59.9 Å². The number of aromatic amines is 1. The van der Waals surface area contributed by atoms with E-state index in [9.17, 15) is 14.0 Å². The lowest BCUT2D eigenvalue weighted by molar-refractivity contribution is -0.113. The minimum absolute atomic E-state index is 0.0179. The molecule has 0 spiro atoms. The molecule has 0 radical (unpaired) electrons. The number of rotatable bonds is 6. The topological polar surface area (TPSA) is 97.0 Å². The summed E-state index contributed by atoms with van der Waals surface area (Å²) < 4.78 is 18.5. The Kier molecular flexibility index (Phi) is 5.82. The van der Waals surface area contributed by atoms with Crippen molar-refractivity contribution in [2.75, 3.05) is 18.2 Å². The maximum absolute atomic E-state index is 13.8. The number of carbonyl (C=O) groups excluding carboxylic acids is 2. The van der Waals surface area contributed by atoms with Crippen LogP contribution in [0.25, 0.3) is 11.4 Å². The van der Waals surface area contributed by atoms with Gasteiger partial charge in [-0.1, -0.05) is 36.0 Å². The van der Waals surface area contributed by atoms with Gasteiger partial charge in [0.1, 0.15) is 5.82 Å². The van der Waals surface area contributed by atoms with E-state index < -0.39 is 11.8 Å². The molecule has 27 heavy (non-hydrogen) atoms. The molecule has 0 atom stereocenters. The van der Waals surface area contributed by atoms with Gasteiger partial charge in [-0.3, -0.25) is 9.89 Å². The van der Waals surface area contributed by atoms with Crippen molar-refractivity contribution in [1.29, 1.82) is 0 Å². The van der Waals surface area contributed by atoms with E-state index in [1.165, 1.54) is 13.2 Å². The average Bonchev–Trinajstić information content (AvgIpc) is 3.15. The van der Waals surface area contributed by atoms with Gasteiger partial charge >= 0.3 is 5.97 Å². The number of benzene rings is 2. The second-order valence-electron chi connectivity index (χ2n) is 5.32. The van der Waals surface area contributed by atoms with Crippen LogP contribution in [0.15, 0.2) is 53.7 Å². The molecule has 2 aromatic carbocycles. The summed E-state index contributed by atoms with van der Waals surface area (Å²) in [6, 6.07) is 12.7. The lowest BCUT2D eigenvalue weighted by atomic mass is 10.2. The fraction of sp³-hybridized carbons (Fsp3) is 0.111. The van der Waals surface area contributed by atoms with E-state index in [1.54, 1.807) is 42.5 Å². The number of ether oxygens (including phenoxy) is 1. The second-order valence-corrected chi connectivity index (χ2v) is 6.26. The molecule has 0 aliphatic rings. The third-order valence-corrected chi connectivity index (χ3v) is 4.38. The first kappa shape index (κ1) is 18.6. The number of para-hydroxylation sites is 1. The lowest BCUT2D eigenvalue weighted by Gasteiger charge is -2.08. The largest absolute Gasteiger partial charge is 0.465 e. The van der Waals surface area contributed by atoms with Crippen LogP contribution in [0, 0.1) is 5.82 Å². The zero-order valence-electron chi connectivity index (χ0n) is 14.2. The van der Waals surface area contributed by atoms with Gasteiger partial charge in [-0.25, -0.2) is 14.2 Å². The van der Waals surface area contributed by atoms with E-state index in [-0.39, 0.29) is 23.0 Å². The summed E-state index contributed by atoms with van der Waals surface area (Å²) in [5, 5.41) is 9.60. The first-order chi connectivity index (χ1) is 13.1. The Morgan fingerprint density at radius 1 is 1.19 bits per heavy atom. The van der Waals surface area contributed by atoms with Gasteiger partial charge in [0.15, 0.2) is 5.82 Å². The number of nitrogens with one attached hydrogen (secondary N) is 2. The van der Waals surface area contributed by atoms with Crippen molar-refractivity contribution in [3.63, 3.8) is 0 Å². The zero-order chi connectivity index (χ0) is 19.2. The average molecular weight is 386 g/mol. The number of carbonyl (C=O) groups is 2. The van der Waals surface area contributed by atoms with E-state index in [4.69, 9.17) is 4.74 Å². The van der Waals surface area contributed by atoms with E-state index in [2.05, 4.69) is 20.5 Å². The van der Waals surface area contributed by atoms with Crippen LogP contribution >= 0.6 is 11.8 Å². The first-order valence-electron chi connectivity index (χ1n) is 7.86. The Hall–Kier alpha value is -3.20. The normalized spacial score (nSPS) is 10.4. The predicted molar refractivity (Wildman–Crippen MR) is 98.9 cm³/mol. The smallest absolute Gasteiger partial charge is 0.339 e. The van der Waals surface area contributed by atoms with Crippen LogP contribution in [0.1, 0.15) is 10.4 Å². The molecule has 2 N–H and O–H groups in total. The van der Waals surface area contributed by atoms with Gasteiger partial charge in [0.25, 0.3) is 0 Å². The second kappa shape index (κ2) is 8.45. The van der Waals surface area contributed by atoms with E-state index >= 15 is 0 Å². The molecule has 7 nitrogen and oxygen atoms in total. The molecule has 0 aliphatic carbocycles. The number of anilines is 1. The van der Waals surface area contributed by atoms with Crippen LogP contribution in [0.3, 0.4) is 0 Å². The summed E-state index contributed by atoms with van der Waals surface area (Å²) in [4.78, 5) is 28.1. The van der Waals surface area contributed by atoms with Crippen molar-refractivity contribution >= 4 is 29.3 Å². The number of amides is 1. The van der Waals surface area contributed by atoms with Crippen molar-refractivity contribution in [2.24, 2.45) is 0 Å². The van der Waals surface area contributed by atoms with E-state index in [1.807, 2.05) is 0 Å². The summed E-state index contributed by atoms with van der Waals surface area (Å²) in [6.45, 7) is 0. The molecule has 1 amide bonds. The number of aromatic nitrogens is 3. The van der Waals surface area contributed by atoms with Crippen LogP contribution < -0.4 is 5.32 Å². The number of thioether (sulfide) groups is 1. The molecule has 3 rings (SSSR count). The molecule has 0 aliphatic heterocycles. The summed E-state index contributed by atoms with van der Waals surface area (Å²) in [5.41, 5.74) is 0.920. The Bertz CT molecular complexity index is 977. The van der Waals surface area contributed by atoms with Gasteiger partial charge < -0.3 is 10.1 Å². The van der Waals surface area contributed by atoms with Crippen LogP contribution in [0.2, 0.25) is 0 Å². The highest BCUT2D eigenvalue weighted by atomic mass is 32.2. The molecular weight excluding hydrogens is 371 g/mol. The predicted octanol–water partition coefficient (Wildman–Crippen LogP) is 3.13. The summed E-state index contributed by atoms with van der Waals surface area (Å²) in [6.07, 6.45) is 0. The van der Waals surface area contributed by atoms with Crippen molar-refractivity contribution < 1.29 is 18.7 Å². The maximum atomic E-state index is 13.8. The minimum Gasteiger partial charge on any atom is -0.465 e. The fourth-order valence-electron chi connectivity index (χ4n) is 2.28. The monoisotopic (exact) mass is 386 g/mol. The molecule has 1 heterocycles. The quantitative estimate of drug-likeness (QED) is 0.499. The first-order valence-corrected chi connectivity index (χ1v) is 8.84. The van der Waals surface area contributed by atoms with Gasteiger partial charge in [-0.15, -0.1) is 5.10 Å². The Morgan fingerprint density at radius 3 is 2.70 bits per heavy atom. The van der Waals surface area contributed by atoms with Gasteiger partial charge in [-0.2, -0.15) is 0 Å². The fourth-order valence-corrected chi connectivity index (χ4v) is 2.88. The van der Waals surface area contributed by atoms with Crippen molar-refractivity contribution in [1.82, 2.24) is 15.2 Å². The summed E-state index contributed by atoms with van der Waals surface area (Å²) in [7, 11) is 1.27. The Labute approximate surface area is 158 Å². The molecule has 0 saturated heterocycles. The number of halogens is 1. The van der Waals surface area contributed by atoms with E-state index in [0.29, 0.717) is 16.4 Å². The SMILES string of the molecule is COC(=O)c1ccccc1NC(=O)CSc1n[nH]c(-c2ccccc2F)n1. The van der Waals surface area contributed by atoms with Crippen LogP contribution in [0.5, 0.6) is 0 Å². The summed E-state index contributed by atoms with van der Waals surface area (Å²) in [5.74, 6) is -0.991. The third-order valence-electron chi connectivity index (χ3n) is 3.53. The van der Waals surface area contributed by atoms with Gasteiger partial charge in [0.2, 0.25) is 11.1 Å². The van der Waals surface area contributed by atoms with E-state index in [0.717, 1.165) is 11.8 Å². The highest BCUT2D eigenvalue weighted by molar-refractivity contribution is 7.99. The molecule has 0 unspecified atom stereocenters. The standard InChI is InChI=1S/C18H15FN4O3S/c1-26-17(25)12-7-3-5-9-14(12)20-15(24)10-27-18-21-16(22-23-18)11-6-2-4-8-13(11)19/h2-9H,10H2,1H3,(H,20,24)(H,21,22,23). The molecule has 0 saturated carbocycles. The molecule has 0 fully saturated rings. The molecule has 3 aromatic rings. The number of hydrogen-bond donors (Lipinski definition) is 2. The molecular formula is C18H15FN4O3S. The molecule has 138 valence electrons. The van der Waals surface area contributed by atoms with Gasteiger partial charge in [-0.05, 0) is 24.3 Å². The highest BCUT2D eigenvalue weighted by Crippen LogP contribution is 2.22. The highest BCUT2D eigenvalue weighted by Gasteiger charge is 2.15. The number of methoxy groups -OCH3 is 1. The van der Waals surface area contributed by atoms with Gasteiger partial charge in [0.05, 0.1) is 29.7 Å². The number of H-pyrrole nitrogens is 1. The third kappa shape index (κ3) is 4.50. The van der Waals surface area contributed by atoms with Crippen molar-refractivity contribution in [3.8, 4) is 11.4 Å². The minimum atomic E-state index is -0.540. The van der Waals surface area contributed by atoms with Crippen LogP contribution in [0.4, 0.5) is 10.1 Å². The molecule has 0 bridgehead atoms.